The largest absolute Gasteiger partial charge is 0.369 e. The summed E-state index contributed by atoms with van der Waals surface area (Å²) in [4.78, 5) is 17.5. The van der Waals surface area contributed by atoms with Crippen LogP contribution in [0.25, 0.3) is 10.8 Å². The molecule has 1 saturated heterocycles. The maximum absolute atomic E-state index is 13.9. The normalized spacial score (nSPS) is 14.4. The van der Waals surface area contributed by atoms with Gasteiger partial charge >= 0.3 is 0 Å². The third-order valence-corrected chi connectivity index (χ3v) is 6.66. The van der Waals surface area contributed by atoms with Gasteiger partial charge in [0.1, 0.15) is 5.82 Å². The molecule has 4 aromatic carbocycles. The molecule has 0 unspecified atom stereocenters. The molecule has 5 rings (SSSR count). The molecule has 34 heavy (non-hydrogen) atoms. The highest BCUT2D eigenvalue weighted by Gasteiger charge is 2.18. The van der Waals surface area contributed by atoms with Crippen LogP contribution < -0.4 is 10.2 Å². The number of carbonyl (C=O) groups excluding carboxylic acids is 1. The molecule has 1 aliphatic heterocycles. The molecule has 1 heterocycles. The molecule has 1 aliphatic rings. The van der Waals surface area contributed by atoms with Gasteiger partial charge in [0.25, 0.3) is 5.91 Å². The lowest BCUT2D eigenvalue weighted by molar-refractivity contribution is 0.102. The fourth-order valence-electron chi connectivity index (χ4n) is 4.46. The van der Waals surface area contributed by atoms with Crippen molar-refractivity contribution in [2.75, 3.05) is 36.4 Å². The highest BCUT2D eigenvalue weighted by Crippen LogP contribution is 2.27. The maximum atomic E-state index is 13.9. The third kappa shape index (κ3) is 4.76. The van der Waals surface area contributed by atoms with Crippen LogP contribution >= 0.6 is 11.6 Å². The maximum Gasteiger partial charge on any atom is 0.256 e. The molecule has 1 amide bonds. The summed E-state index contributed by atoms with van der Waals surface area (Å²) in [5.74, 6) is -0.309. The molecule has 0 aromatic heterocycles. The van der Waals surface area contributed by atoms with Crippen LogP contribution in [0, 0.1) is 5.82 Å². The summed E-state index contributed by atoms with van der Waals surface area (Å²) in [5, 5.41) is 5.32. The number of rotatable bonds is 5. The third-order valence-electron chi connectivity index (χ3n) is 6.33. The minimum Gasteiger partial charge on any atom is -0.369 e. The van der Waals surface area contributed by atoms with Gasteiger partial charge < -0.3 is 10.2 Å². The quantitative estimate of drug-likeness (QED) is 0.374. The first-order chi connectivity index (χ1) is 16.6. The summed E-state index contributed by atoms with van der Waals surface area (Å²) < 4.78 is 13.9. The zero-order valence-corrected chi connectivity index (χ0v) is 19.4. The van der Waals surface area contributed by atoms with Gasteiger partial charge in [-0.15, -0.1) is 0 Å². The van der Waals surface area contributed by atoms with E-state index in [9.17, 15) is 9.18 Å². The molecule has 0 spiro atoms. The van der Waals surface area contributed by atoms with Crippen molar-refractivity contribution in [3.63, 3.8) is 0 Å². The molecule has 4 nitrogen and oxygen atoms in total. The summed E-state index contributed by atoms with van der Waals surface area (Å²) >= 11 is 6.29. The van der Waals surface area contributed by atoms with E-state index in [2.05, 4.69) is 15.1 Å². The van der Waals surface area contributed by atoms with Gasteiger partial charge in [0.15, 0.2) is 0 Å². The number of carbonyl (C=O) groups is 1. The van der Waals surface area contributed by atoms with E-state index >= 15 is 0 Å². The van der Waals surface area contributed by atoms with Gasteiger partial charge in [0, 0.05) is 65.6 Å². The van der Waals surface area contributed by atoms with Crippen molar-refractivity contribution in [1.29, 1.82) is 0 Å². The van der Waals surface area contributed by atoms with Crippen molar-refractivity contribution in [3.05, 3.63) is 107 Å². The van der Waals surface area contributed by atoms with Gasteiger partial charge in [-0.25, -0.2) is 4.39 Å². The Morgan fingerprint density at radius 1 is 0.824 bits per heavy atom. The van der Waals surface area contributed by atoms with Crippen LogP contribution in [0.5, 0.6) is 0 Å². The van der Waals surface area contributed by atoms with Crippen LogP contribution in [0.4, 0.5) is 15.8 Å². The number of hydrogen-bond donors (Lipinski definition) is 1. The monoisotopic (exact) mass is 473 g/mol. The van der Waals surface area contributed by atoms with Crippen molar-refractivity contribution >= 4 is 39.7 Å². The van der Waals surface area contributed by atoms with Crippen LogP contribution in [0.1, 0.15) is 15.9 Å². The Hall–Kier alpha value is -3.41. The SMILES string of the molecule is O=C(Nc1ccc(N2CCN(Cc3ccccc3F)CC2)cc1)c1cccc2c(Cl)cccc12. The first-order valence-corrected chi connectivity index (χ1v) is 11.8. The molecule has 0 saturated carbocycles. The molecule has 1 fully saturated rings. The Bertz CT molecular complexity index is 1320. The van der Waals surface area contributed by atoms with E-state index in [1.807, 2.05) is 72.8 Å². The van der Waals surface area contributed by atoms with Crippen molar-refractivity contribution in [3.8, 4) is 0 Å². The van der Waals surface area contributed by atoms with E-state index in [1.165, 1.54) is 6.07 Å². The van der Waals surface area contributed by atoms with Gasteiger partial charge in [-0.05, 0) is 47.9 Å². The zero-order valence-electron chi connectivity index (χ0n) is 18.7. The average Bonchev–Trinajstić information content (AvgIpc) is 2.86. The molecule has 172 valence electrons. The number of hydrogen-bond acceptors (Lipinski definition) is 3. The van der Waals surface area contributed by atoms with Crippen LogP contribution in [0.15, 0.2) is 84.9 Å². The van der Waals surface area contributed by atoms with Gasteiger partial charge in [0.2, 0.25) is 0 Å². The molecule has 0 bridgehead atoms. The molecule has 4 aromatic rings. The molecule has 0 aliphatic carbocycles. The molecule has 1 N–H and O–H groups in total. The summed E-state index contributed by atoms with van der Waals surface area (Å²) in [6.07, 6.45) is 0. The standard InChI is InChI=1S/C28H25ClFN3O/c29-26-9-4-6-23-24(26)7-3-8-25(23)28(34)31-21-11-13-22(14-12-21)33-17-15-32(16-18-33)19-20-5-1-2-10-27(20)30/h1-14H,15-19H2,(H,31,34). The first kappa shape index (κ1) is 22.4. The fourth-order valence-corrected chi connectivity index (χ4v) is 4.69. The predicted octanol–water partition coefficient (Wildman–Crippen LogP) is 6.21. The topological polar surface area (TPSA) is 35.6 Å². The summed E-state index contributed by atoms with van der Waals surface area (Å²) in [6, 6.07) is 26.0. The second kappa shape index (κ2) is 9.84. The van der Waals surface area contributed by atoms with E-state index in [-0.39, 0.29) is 11.7 Å². The van der Waals surface area contributed by atoms with Gasteiger partial charge in [-0.2, -0.15) is 0 Å². The number of nitrogens with zero attached hydrogens (tertiary/aromatic N) is 2. The molecular weight excluding hydrogens is 449 g/mol. The summed E-state index contributed by atoms with van der Waals surface area (Å²) in [6.45, 7) is 4.12. The van der Waals surface area contributed by atoms with Crippen molar-refractivity contribution in [1.82, 2.24) is 4.90 Å². The zero-order chi connectivity index (χ0) is 23.5. The lowest BCUT2D eigenvalue weighted by Gasteiger charge is -2.36. The minimum atomic E-state index is -0.164. The number of benzene rings is 4. The Morgan fingerprint density at radius 2 is 1.53 bits per heavy atom. The number of halogens is 2. The smallest absolute Gasteiger partial charge is 0.256 e. The van der Waals surface area contributed by atoms with Crippen molar-refractivity contribution < 1.29 is 9.18 Å². The van der Waals surface area contributed by atoms with E-state index in [0.29, 0.717) is 17.1 Å². The number of amides is 1. The number of nitrogens with one attached hydrogen (secondary N) is 1. The number of anilines is 2. The molecule has 0 atom stereocenters. The average molecular weight is 474 g/mol. The van der Waals surface area contributed by atoms with Gasteiger partial charge in [-0.1, -0.05) is 54.1 Å². The van der Waals surface area contributed by atoms with E-state index in [4.69, 9.17) is 11.6 Å². The van der Waals surface area contributed by atoms with Crippen LogP contribution in [-0.2, 0) is 6.54 Å². The second-order valence-electron chi connectivity index (χ2n) is 8.50. The summed E-state index contributed by atoms with van der Waals surface area (Å²) in [7, 11) is 0. The Morgan fingerprint density at radius 3 is 2.29 bits per heavy atom. The Kier molecular flexibility index (Phi) is 6.48. The lowest BCUT2D eigenvalue weighted by atomic mass is 10.0. The van der Waals surface area contributed by atoms with Gasteiger partial charge in [-0.3, -0.25) is 9.69 Å². The Labute approximate surface area is 203 Å². The molecule has 0 radical (unpaired) electrons. The van der Waals surface area contributed by atoms with E-state index in [1.54, 1.807) is 6.07 Å². The number of piperazine rings is 1. The fraction of sp³-hybridized carbons (Fsp3) is 0.179. The van der Waals surface area contributed by atoms with E-state index < -0.39 is 0 Å². The highest BCUT2D eigenvalue weighted by atomic mass is 35.5. The molecule has 6 heteroatoms. The summed E-state index contributed by atoms with van der Waals surface area (Å²) in [5.41, 5.74) is 3.19. The highest BCUT2D eigenvalue weighted by molar-refractivity contribution is 6.36. The van der Waals surface area contributed by atoms with Gasteiger partial charge in [0.05, 0.1) is 0 Å². The van der Waals surface area contributed by atoms with E-state index in [0.717, 1.165) is 53.9 Å². The van der Waals surface area contributed by atoms with Crippen LogP contribution in [0.3, 0.4) is 0 Å². The van der Waals surface area contributed by atoms with Crippen molar-refractivity contribution in [2.45, 2.75) is 6.54 Å². The van der Waals surface area contributed by atoms with Crippen LogP contribution in [0.2, 0.25) is 5.02 Å². The van der Waals surface area contributed by atoms with Crippen molar-refractivity contribution in [2.24, 2.45) is 0 Å². The molecular formula is C28H25ClFN3O. The van der Waals surface area contributed by atoms with Crippen LogP contribution in [-0.4, -0.2) is 37.0 Å². The predicted molar refractivity (Wildman–Crippen MR) is 137 cm³/mol. The second-order valence-corrected chi connectivity index (χ2v) is 8.90. The first-order valence-electron chi connectivity index (χ1n) is 11.4. The Balaban J connectivity index is 1.21. The number of fused-ring (bicyclic) bond motifs is 1. The minimum absolute atomic E-state index is 0.144. The lowest BCUT2D eigenvalue weighted by Crippen LogP contribution is -2.46.